The Morgan fingerprint density at radius 1 is 1.15 bits per heavy atom. The topological polar surface area (TPSA) is 29.3 Å². The number of hydrogen-bond acceptors (Lipinski definition) is 2. The smallest absolute Gasteiger partial charge is 0.0341 e. The van der Waals surface area contributed by atoms with Crippen LogP contribution in [0.15, 0.2) is 0 Å². The quantitative estimate of drug-likeness (QED) is 0.703. The van der Waals surface area contributed by atoms with E-state index in [-0.39, 0.29) is 0 Å². The van der Waals surface area contributed by atoms with Gasteiger partial charge >= 0.3 is 0 Å². The van der Waals surface area contributed by atoms with Crippen LogP contribution in [0.5, 0.6) is 0 Å². The maximum absolute atomic E-state index is 5.93. The number of nitrogens with zero attached hydrogens (tertiary/aromatic N) is 1. The molecule has 0 aromatic heterocycles. The predicted octanol–water partition coefficient (Wildman–Crippen LogP) is 1.60. The molecule has 2 fully saturated rings. The maximum Gasteiger partial charge on any atom is 0.0341 e. The van der Waals surface area contributed by atoms with Crippen LogP contribution in [0, 0.1) is 5.41 Å². The van der Waals surface area contributed by atoms with Crippen molar-refractivity contribution in [3.63, 3.8) is 0 Å². The molecule has 0 radical (unpaired) electrons. The number of likely N-dealkylation sites (tertiary alicyclic amines) is 1. The van der Waals surface area contributed by atoms with E-state index in [0.29, 0.717) is 11.0 Å². The minimum absolute atomic E-state index is 0.389. The average Bonchev–Trinajstić information content (AvgIpc) is 2.51. The summed E-state index contributed by atoms with van der Waals surface area (Å²) in [6, 6.07) is 0. The van der Waals surface area contributed by atoms with Gasteiger partial charge in [-0.1, -0.05) is 13.8 Å². The second kappa shape index (κ2) is 2.96. The van der Waals surface area contributed by atoms with Gasteiger partial charge in [-0.3, -0.25) is 4.90 Å². The van der Waals surface area contributed by atoms with Crippen molar-refractivity contribution in [3.8, 4) is 0 Å². The van der Waals surface area contributed by atoms with E-state index in [1.165, 1.54) is 38.8 Å². The third kappa shape index (κ3) is 1.50. The molecule has 0 spiro atoms. The summed E-state index contributed by atoms with van der Waals surface area (Å²) in [6.45, 7) is 8.14. The van der Waals surface area contributed by atoms with Crippen LogP contribution < -0.4 is 5.73 Å². The van der Waals surface area contributed by atoms with Crippen molar-refractivity contribution in [2.24, 2.45) is 11.1 Å². The molecule has 0 bridgehead atoms. The van der Waals surface area contributed by atoms with E-state index in [1.807, 2.05) is 0 Å². The van der Waals surface area contributed by atoms with Crippen LogP contribution in [0.1, 0.15) is 39.5 Å². The van der Waals surface area contributed by atoms with Gasteiger partial charge in [0, 0.05) is 12.1 Å². The Morgan fingerprint density at radius 2 is 1.69 bits per heavy atom. The van der Waals surface area contributed by atoms with Crippen molar-refractivity contribution in [3.05, 3.63) is 0 Å². The minimum Gasteiger partial charge on any atom is -0.329 e. The first-order valence-electron chi connectivity index (χ1n) is 5.53. The fraction of sp³-hybridized carbons (Fsp3) is 1.00. The van der Waals surface area contributed by atoms with Gasteiger partial charge < -0.3 is 5.73 Å². The highest BCUT2D eigenvalue weighted by atomic mass is 15.2. The van der Waals surface area contributed by atoms with Gasteiger partial charge in [-0.15, -0.1) is 0 Å². The molecule has 0 aromatic rings. The van der Waals surface area contributed by atoms with Crippen molar-refractivity contribution in [1.82, 2.24) is 4.90 Å². The summed E-state index contributed by atoms with van der Waals surface area (Å²) in [5, 5.41) is 0. The van der Waals surface area contributed by atoms with E-state index in [1.54, 1.807) is 0 Å². The molecular formula is C11H22N2. The molecule has 2 N–H and O–H groups in total. The average molecular weight is 182 g/mol. The molecule has 1 aliphatic carbocycles. The molecule has 13 heavy (non-hydrogen) atoms. The van der Waals surface area contributed by atoms with E-state index in [0.717, 1.165) is 6.54 Å². The molecule has 1 saturated carbocycles. The Balaban J connectivity index is 2.01. The van der Waals surface area contributed by atoms with Gasteiger partial charge in [-0.25, -0.2) is 0 Å². The van der Waals surface area contributed by atoms with Crippen LogP contribution in [-0.2, 0) is 0 Å². The molecule has 0 unspecified atom stereocenters. The van der Waals surface area contributed by atoms with Gasteiger partial charge in [0.05, 0.1) is 0 Å². The van der Waals surface area contributed by atoms with Crippen molar-refractivity contribution in [2.75, 3.05) is 19.6 Å². The molecule has 0 amide bonds. The zero-order valence-electron chi connectivity index (χ0n) is 8.97. The zero-order chi connectivity index (χ0) is 9.53. The first-order chi connectivity index (χ1) is 6.08. The summed E-state index contributed by atoms with van der Waals surface area (Å²) < 4.78 is 0. The molecule has 0 atom stereocenters. The minimum atomic E-state index is 0.389. The predicted molar refractivity (Wildman–Crippen MR) is 55.6 cm³/mol. The van der Waals surface area contributed by atoms with Crippen LogP contribution in [0.25, 0.3) is 0 Å². The van der Waals surface area contributed by atoms with Crippen molar-refractivity contribution < 1.29 is 0 Å². The lowest BCUT2D eigenvalue weighted by atomic mass is 9.58. The maximum atomic E-state index is 5.93. The van der Waals surface area contributed by atoms with Gasteiger partial charge in [0.2, 0.25) is 0 Å². The van der Waals surface area contributed by atoms with Crippen LogP contribution in [0.2, 0.25) is 0 Å². The van der Waals surface area contributed by atoms with E-state index in [9.17, 15) is 0 Å². The SMILES string of the molecule is CC1(C)CC(CN)(N2CCCC2)C1. The van der Waals surface area contributed by atoms with Gasteiger partial charge in [-0.05, 0) is 44.2 Å². The second-order valence-electron chi connectivity index (χ2n) is 5.64. The fourth-order valence-electron chi connectivity index (χ4n) is 3.42. The summed E-state index contributed by atoms with van der Waals surface area (Å²) in [5.41, 5.74) is 6.86. The third-order valence-electron chi connectivity index (χ3n) is 3.77. The summed E-state index contributed by atoms with van der Waals surface area (Å²) in [6.07, 6.45) is 5.36. The van der Waals surface area contributed by atoms with Crippen LogP contribution >= 0.6 is 0 Å². The van der Waals surface area contributed by atoms with E-state index in [2.05, 4.69) is 18.7 Å². The number of rotatable bonds is 2. The molecule has 1 aliphatic heterocycles. The van der Waals surface area contributed by atoms with Gasteiger partial charge in [0.15, 0.2) is 0 Å². The summed E-state index contributed by atoms with van der Waals surface area (Å²) in [7, 11) is 0. The number of nitrogens with two attached hydrogens (primary N) is 1. The Kier molecular flexibility index (Phi) is 2.16. The molecule has 76 valence electrons. The molecule has 2 nitrogen and oxygen atoms in total. The fourth-order valence-corrected chi connectivity index (χ4v) is 3.42. The van der Waals surface area contributed by atoms with Crippen LogP contribution in [0.4, 0.5) is 0 Å². The highest BCUT2D eigenvalue weighted by Crippen LogP contribution is 2.51. The first-order valence-corrected chi connectivity index (χ1v) is 5.53. The van der Waals surface area contributed by atoms with Gasteiger partial charge in [-0.2, -0.15) is 0 Å². The normalized spacial score (nSPS) is 31.6. The molecular weight excluding hydrogens is 160 g/mol. The Labute approximate surface area is 81.5 Å². The van der Waals surface area contributed by atoms with Crippen LogP contribution in [0.3, 0.4) is 0 Å². The molecule has 1 heterocycles. The second-order valence-corrected chi connectivity index (χ2v) is 5.64. The van der Waals surface area contributed by atoms with E-state index >= 15 is 0 Å². The lowest BCUT2D eigenvalue weighted by Crippen LogP contribution is -2.63. The van der Waals surface area contributed by atoms with Gasteiger partial charge in [0.1, 0.15) is 0 Å². The van der Waals surface area contributed by atoms with Crippen LogP contribution in [-0.4, -0.2) is 30.1 Å². The first kappa shape index (κ1) is 9.47. The molecule has 2 rings (SSSR count). The lowest BCUT2D eigenvalue weighted by molar-refractivity contribution is -0.0499. The summed E-state index contributed by atoms with van der Waals surface area (Å²) in [4.78, 5) is 2.64. The van der Waals surface area contributed by atoms with Crippen molar-refractivity contribution >= 4 is 0 Å². The molecule has 0 aromatic carbocycles. The summed E-state index contributed by atoms with van der Waals surface area (Å²) in [5.74, 6) is 0. The summed E-state index contributed by atoms with van der Waals surface area (Å²) >= 11 is 0. The Hall–Kier alpha value is -0.0800. The lowest BCUT2D eigenvalue weighted by Gasteiger charge is -2.57. The number of hydrogen-bond donors (Lipinski definition) is 1. The third-order valence-corrected chi connectivity index (χ3v) is 3.77. The van der Waals surface area contributed by atoms with E-state index in [4.69, 9.17) is 5.73 Å². The van der Waals surface area contributed by atoms with Crippen molar-refractivity contribution in [2.45, 2.75) is 45.1 Å². The monoisotopic (exact) mass is 182 g/mol. The van der Waals surface area contributed by atoms with Crippen molar-refractivity contribution in [1.29, 1.82) is 0 Å². The zero-order valence-corrected chi connectivity index (χ0v) is 8.97. The standard InChI is InChI=1S/C11H22N2/c1-10(2)7-11(8-10,9-12)13-5-3-4-6-13/h3-9,12H2,1-2H3. The van der Waals surface area contributed by atoms with Gasteiger partial charge in [0.25, 0.3) is 0 Å². The highest BCUT2D eigenvalue weighted by molar-refractivity contribution is 5.08. The molecule has 2 aliphatic rings. The molecule has 2 heteroatoms. The highest BCUT2D eigenvalue weighted by Gasteiger charge is 2.51. The molecule has 1 saturated heterocycles. The largest absolute Gasteiger partial charge is 0.329 e. The Morgan fingerprint density at radius 3 is 2.08 bits per heavy atom. The Bertz CT molecular complexity index is 184. The van der Waals surface area contributed by atoms with E-state index < -0.39 is 0 Å².